The summed E-state index contributed by atoms with van der Waals surface area (Å²) in [5.74, 6) is 6.10. The fraction of sp³-hybridized carbons (Fsp3) is 0.125. The maximum atomic E-state index is 12.8. The van der Waals surface area contributed by atoms with Gasteiger partial charge in [0.2, 0.25) is 0 Å². The van der Waals surface area contributed by atoms with Gasteiger partial charge in [0.1, 0.15) is 12.4 Å². The predicted molar refractivity (Wildman–Crippen MR) is 76.4 cm³/mol. The van der Waals surface area contributed by atoms with Crippen molar-refractivity contribution in [1.29, 1.82) is 0 Å². The van der Waals surface area contributed by atoms with E-state index >= 15 is 0 Å². The summed E-state index contributed by atoms with van der Waals surface area (Å²) in [6, 6.07) is 14.4. The van der Waals surface area contributed by atoms with Gasteiger partial charge in [0.25, 0.3) is 0 Å². The molecule has 3 heteroatoms. The molecule has 0 bridgehead atoms. The molecule has 0 radical (unpaired) electrons. The number of halogens is 1. The van der Waals surface area contributed by atoms with E-state index in [4.69, 9.17) is 5.11 Å². The molecule has 0 spiro atoms. The van der Waals surface area contributed by atoms with Crippen molar-refractivity contribution in [1.82, 2.24) is 0 Å². The van der Waals surface area contributed by atoms with Gasteiger partial charge in [-0.15, -0.1) is 11.8 Å². The Labute approximate surface area is 116 Å². The highest BCUT2D eigenvalue weighted by molar-refractivity contribution is 7.98. The van der Waals surface area contributed by atoms with Crippen LogP contribution in [0.1, 0.15) is 11.1 Å². The summed E-state index contributed by atoms with van der Waals surface area (Å²) in [6.45, 7) is -0.130. The summed E-state index contributed by atoms with van der Waals surface area (Å²) in [7, 11) is 0. The van der Waals surface area contributed by atoms with Gasteiger partial charge in [-0.05, 0) is 42.0 Å². The zero-order chi connectivity index (χ0) is 13.5. The third kappa shape index (κ3) is 4.44. The van der Waals surface area contributed by atoms with Crippen molar-refractivity contribution in [3.63, 3.8) is 0 Å². The average molecular weight is 272 g/mol. The first kappa shape index (κ1) is 13.7. The number of aliphatic hydroxyl groups is 1. The van der Waals surface area contributed by atoms with Crippen LogP contribution < -0.4 is 0 Å². The van der Waals surface area contributed by atoms with Crippen LogP contribution >= 0.6 is 11.8 Å². The third-order valence-electron chi connectivity index (χ3n) is 2.46. The van der Waals surface area contributed by atoms with Crippen LogP contribution in [0.4, 0.5) is 4.39 Å². The van der Waals surface area contributed by atoms with Crippen molar-refractivity contribution in [2.24, 2.45) is 0 Å². The zero-order valence-electron chi connectivity index (χ0n) is 10.3. The molecule has 2 aromatic rings. The van der Waals surface area contributed by atoms with Crippen LogP contribution in [-0.4, -0.2) is 11.7 Å². The summed E-state index contributed by atoms with van der Waals surface area (Å²) in [6.07, 6.45) is 0. The lowest BCUT2D eigenvalue weighted by Crippen LogP contribution is -1.84. The second-order valence-electron chi connectivity index (χ2n) is 3.90. The Morgan fingerprint density at radius 2 is 1.89 bits per heavy atom. The molecule has 0 saturated carbocycles. The van der Waals surface area contributed by atoms with Crippen LogP contribution in [0.15, 0.2) is 53.4 Å². The third-order valence-corrected chi connectivity index (χ3v) is 3.54. The monoisotopic (exact) mass is 272 g/mol. The van der Waals surface area contributed by atoms with Gasteiger partial charge in [-0.2, -0.15) is 0 Å². The number of rotatable bonds is 3. The molecular weight excluding hydrogens is 259 g/mol. The number of benzene rings is 2. The predicted octanol–water partition coefficient (Wildman–Crippen LogP) is 3.46. The number of hydrogen-bond acceptors (Lipinski definition) is 2. The molecule has 19 heavy (non-hydrogen) atoms. The van der Waals surface area contributed by atoms with E-state index in [1.165, 1.54) is 12.1 Å². The first-order chi connectivity index (χ1) is 9.28. The number of aliphatic hydroxyl groups excluding tert-OH is 1. The largest absolute Gasteiger partial charge is 0.384 e. The number of hydrogen-bond donors (Lipinski definition) is 1. The minimum atomic E-state index is -0.217. The molecule has 0 saturated heterocycles. The summed E-state index contributed by atoms with van der Waals surface area (Å²) in [4.78, 5) is 1.04. The molecule has 0 unspecified atom stereocenters. The van der Waals surface area contributed by atoms with Gasteiger partial charge in [0.05, 0.1) is 0 Å². The van der Waals surface area contributed by atoms with E-state index in [0.29, 0.717) is 0 Å². The van der Waals surface area contributed by atoms with E-state index < -0.39 is 0 Å². The lowest BCUT2D eigenvalue weighted by Gasteiger charge is -2.02. The van der Waals surface area contributed by atoms with E-state index in [1.54, 1.807) is 23.9 Å². The maximum Gasteiger partial charge on any atom is 0.123 e. The van der Waals surface area contributed by atoms with Gasteiger partial charge < -0.3 is 5.11 Å². The molecule has 0 atom stereocenters. The smallest absolute Gasteiger partial charge is 0.123 e. The highest BCUT2D eigenvalue weighted by Gasteiger charge is 1.98. The highest BCUT2D eigenvalue weighted by Crippen LogP contribution is 2.23. The molecule has 2 aromatic carbocycles. The summed E-state index contributed by atoms with van der Waals surface area (Å²) < 4.78 is 12.8. The van der Waals surface area contributed by atoms with Crippen molar-refractivity contribution < 1.29 is 9.50 Å². The molecule has 96 valence electrons. The van der Waals surface area contributed by atoms with Gasteiger partial charge in [-0.3, -0.25) is 0 Å². The quantitative estimate of drug-likeness (QED) is 0.682. The Bertz CT molecular complexity index is 596. The molecule has 1 N–H and O–H groups in total. The molecule has 0 amide bonds. The Morgan fingerprint density at radius 3 is 2.63 bits per heavy atom. The van der Waals surface area contributed by atoms with Crippen LogP contribution in [0.2, 0.25) is 0 Å². The van der Waals surface area contributed by atoms with Gasteiger partial charge in [-0.25, -0.2) is 4.39 Å². The molecule has 1 nitrogen and oxygen atoms in total. The topological polar surface area (TPSA) is 20.2 Å². The van der Waals surface area contributed by atoms with Crippen LogP contribution in [0, 0.1) is 17.7 Å². The van der Waals surface area contributed by atoms with Crippen molar-refractivity contribution >= 4 is 11.8 Å². The van der Waals surface area contributed by atoms with Crippen molar-refractivity contribution in [3.05, 3.63) is 65.5 Å². The van der Waals surface area contributed by atoms with Gasteiger partial charge in [0, 0.05) is 16.2 Å². The Kier molecular flexibility index (Phi) is 5.02. The zero-order valence-corrected chi connectivity index (χ0v) is 11.1. The standard InChI is InChI=1S/C16H13FOS/c17-15-6-8-16(9-7-15)19-12-14-4-1-3-13(11-14)5-2-10-18/h1,3-4,6-9,11,18H,10,12H2. The minimum Gasteiger partial charge on any atom is -0.384 e. The van der Waals surface area contributed by atoms with Gasteiger partial charge >= 0.3 is 0 Å². The van der Waals surface area contributed by atoms with Crippen molar-refractivity contribution in [3.8, 4) is 11.8 Å². The molecule has 0 aromatic heterocycles. The molecule has 0 aliphatic heterocycles. The van der Waals surface area contributed by atoms with Crippen LogP contribution in [-0.2, 0) is 5.75 Å². The summed E-state index contributed by atoms with van der Waals surface area (Å²) in [5.41, 5.74) is 2.05. The first-order valence-electron chi connectivity index (χ1n) is 5.85. The second kappa shape index (κ2) is 6.98. The maximum absolute atomic E-state index is 12.8. The molecular formula is C16H13FOS. The lowest BCUT2D eigenvalue weighted by molar-refractivity contribution is 0.350. The van der Waals surface area contributed by atoms with E-state index in [0.717, 1.165) is 21.8 Å². The summed E-state index contributed by atoms with van der Waals surface area (Å²) >= 11 is 1.65. The molecule has 0 aliphatic carbocycles. The number of thioether (sulfide) groups is 1. The van der Waals surface area contributed by atoms with Crippen molar-refractivity contribution in [2.45, 2.75) is 10.6 Å². The van der Waals surface area contributed by atoms with E-state index in [-0.39, 0.29) is 12.4 Å². The molecule has 0 fully saturated rings. The lowest BCUT2D eigenvalue weighted by atomic mass is 10.1. The molecule has 0 aliphatic rings. The normalized spacial score (nSPS) is 9.79. The highest BCUT2D eigenvalue weighted by atomic mass is 32.2. The van der Waals surface area contributed by atoms with Crippen molar-refractivity contribution in [2.75, 3.05) is 6.61 Å². The van der Waals surface area contributed by atoms with Crippen LogP contribution in [0.3, 0.4) is 0 Å². The average Bonchev–Trinajstić information content (AvgIpc) is 2.45. The van der Waals surface area contributed by atoms with Crippen LogP contribution in [0.25, 0.3) is 0 Å². The minimum absolute atomic E-state index is 0.130. The summed E-state index contributed by atoms with van der Waals surface area (Å²) in [5, 5.41) is 8.66. The molecule has 2 rings (SSSR count). The fourth-order valence-corrected chi connectivity index (χ4v) is 2.42. The molecule has 0 heterocycles. The second-order valence-corrected chi connectivity index (χ2v) is 4.95. The first-order valence-corrected chi connectivity index (χ1v) is 6.83. The van der Waals surface area contributed by atoms with E-state index in [2.05, 4.69) is 11.8 Å². The van der Waals surface area contributed by atoms with Gasteiger partial charge in [0.15, 0.2) is 0 Å². The fourth-order valence-electron chi connectivity index (χ4n) is 1.58. The SMILES string of the molecule is OCC#Cc1cccc(CSc2ccc(F)cc2)c1. The Balaban J connectivity index is 2.01. The Hall–Kier alpha value is -1.76. The van der Waals surface area contributed by atoms with E-state index in [9.17, 15) is 4.39 Å². The van der Waals surface area contributed by atoms with Crippen LogP contribution in [0.5, 0.6) is 0 Å². The van der Waals surface area contributed by atoms with Gasteiger partial charge in [-0.1, -0.05) is 24.0 Å². The Morgan fingerprint density at radius 1 is 1.11 bits per heavy atom. The van der Waals surface area contributed by atoms with E-state index in [1.807, 2.05) is 24.3 Å².